The first kappa shape index (κ1) is 10.1. The van der Waals surface area contributed by atoms with Crippen molar-refractivity contribution in [2.75, 3.05) is 20.3 Å². The first-order valence-electron chi connectivity index (χ1n) is 5.16. The van der Waals surface area contributed by atoms with Gasteiger partial charge in [-0.3, -0.25) is 0 Å². The molecule has 2 heterocycles. The van der Waals surface area contributed by atoms with Gasteiger partial charge in [-0.1, -0.05) is 0 Å². The van der Waals surface area contributed by atoms with Crippen molar-refractivity contribution < 1.29 is 4.74 Å². The van der Waals surface area contributed by atoms with Crippen molar-refractivity contribution in [2.24, 2.45) is 5.92 Å². The first-order chi connectivity index (χ1) is 6.90. The lowest BCUT2D eigenvalue weighted by Gasteiger charge is -2.31. The van der Waals surface area contributed by atoms with Gasteiger partial charge in [-0.2, -0.15) is 11.3 Å². The van der Waals surface area contributed by atoms with E-state index in [1.54, 1.807) is 11.3 Å². The van der Waals surface area contributed by atoms with Crippen LogP contribution in [0.3, 0.4) is 0 Å². The molecule has 1 aliphatic heterocycles. The molecule has 0 saturated carbocycles. The maximum Gasteiger partial charge on any atom is 0.0512 e. The highest BCUT2D eigenvalue weighted by Gasteiger charge is 2.24. The standard InChI is InChI=1S/C11H17NOS/c1-12-11-2-4-13-7-10(11)6-9-3-5-14-8-9/h3,5,8,10-12H,2,4,6-7H2,1H3. The largest absolute Gasteiger partial charge is 0.381 e. The number of nitrogens with one attached hydrogen (secondary N) is 1. The average molecular weight is 211 g/mol. The molecule has 0 bridgehead atoms. The third kappa shape index (κ3) is 2.35. The Hall–Kier alpha value is -0.380. The summed E-state index contributed by atoms with van der Waals surface area (Å²) in [5, 5.41) is 7.77. The van der Waals surface area contributed by atoms with Crippen LogP contribution in [0.4, 0.5) is 0 Å². The zero-order valence-corrected chi connectivity index (χ0v) is 9.35. The van der Waals surface area contributed by atoms with E-state index in [-0.39, 0.29) is 0 Å². The van der Waals surface area contributed by atoms with Crippen LogP contribution in [0.5, 0.6) is 0 Å². The van der Waals surface area contributed by atoms with Crippen molar-refractivity contribution in [3.05, 3.63) is 22.4 Å². The average Bonchev–Trinajstić information content (AvgIpc) is 2.71. The molecule has 1 aromatic rings. The molecule has 2 atom stereocenters. The molecule has 0 aliphatic carbocycles. The highest BCUT2D eigenvalue weighted by Crippen LogP contribution is 2.20. The summed E-state index contributed by atoms with van der Waals surface area (Å²) in [6.45, 7) is 1.81. The highest BCUT2D eigenvalue weighted by molar-refractivity contribution is 7.07. The van der Waals surface area contributed by atoms with Gasteiger partial charge >= 0.3 is 0 Å². The monoisotopic (exact) mass is 211 g/mol. The van der Waals surface area contributed by atoms with E-state index in [0.29, 0.717) is 12.0 Å². The zero-order chi connectivity index (χ0) is 9.80. The molecule has 0 aromatic carbocycles. The fraction of sp³-hybridized carbons (Fsp3) is 0.636. The molecule has 78 valence electrons. The summed E-state index contributed by atoms with van der Waals surface area (Å²) in [5.41, 5.74) is 1.45. The summed E-state index contributed by atoms with van der Waals surface area (Å²) in [7, 11) is 2.05. The normalized spacial score (nSPS) is 27.8. The van der Waals surface area contributed by atoms with E-state index in [4.69, 9.17) is 4.74 Å². The van der Waals surface area contributed by atoms with Crippen molar-refractivity contribution in [3.63, 3.8) is 0 Å². The van der Waals surface area contributed by atoms with Gasteiger partial charge in [0, 0.05) is 18.6 Å². The molecule has 1 aliphatic rings. The SMILES string of the molecule is CNC1CCOCC1Cc1ccsc1. The smallest absolute Gasteiger partial charge is 0.0512 e. The topological polar surface area (TPSA) is 21.3 Å². The van der Waals surface area contributed by atoms with E-state index in [1.807, 2.05) is 0 Å². The molecule has 2 rings (SSSR count). The molecule has 0 amide bonds. The Morgan fingerprint density at radius 3 is 3.29 bits per heavy atom. The first-order valence-corrected chi connectivity index (χ1v) is 6.10. The van der Waals surface area contributed by atoms with Crippen molar-refractivity contribution in [3.8, 4) is 0 Å². The minimum atomic E-state index is 0.628. The third-order valence-electron chi connectivity index (χ3n) is 2.92. The fourth-order valence-corrected chi connectivity index (χ4v) is 2.77. The van der Waals surface area contributed by atoms with Gasteiger partial charge in [0.05, 0.1) is 6.61 Å². The van der Waals surface area contributed by atoms with E-state index >= 15 is 0 Å². The Kier molecular flexibility index (Phi) is 3.56. The van der Waals surface area contributed by atoms with Crippen LogP contribution in [0.1, 0.15) is 12.0 Å². The maximum absolute atomic E-state index is 5.53. The summed E-state index contributed by atoms with van der Waals surface area (Å²) in [6, 6.07) is 2.84. The van der Waals surface area contributed by atoms with Gasteiger partial charge in [-0.25, -0.2) is 0 Å². The minimum absolute atomic E-state index is 0.628. The predicted molar refractivity (Wildman–Crippen MR) is 59.8 cm³/mol. The van der Waals surface area contributed by atoms with Gasteiger partial charge in [0.25, 0.3) is 0 Å². The Morgan fingerprint density at radius 1 is 1.64 bits per heavy atom. The predicted octanol–water partition coefficient (Wildman–Crippen LogP) is 1.92. The van der Waals surface area contributed by atoms with Crippen LogP contribution in [0.25, 0.3) is 0 Å². The molecule has 2 nitrogen and oxygen atoms in total. The minimum Gasteiger partial charge on any atom is -0.381 e. The van der Waals surface area contributed by atoms with Crippen LogP contribution in [0.2, 0.25) is 0 Å². The van der Waals surface area contributed by atoms with Gasteiger partial charge in [0.15, 0.2) is 0 Å². The molecule has 1 aromatic heterocycles. The van der Waals surface area contributed by atoms with Gasteiger partial charge in [0.2, 0.25) is 0 Å². The van der Waals surface area contributed by atoms with Crippen LogP contribution in [-0.4, -0.2) is 26.3 Å². The van der Waals surface area contributed by atoms with Crippen molar-refractivity contribution in [1.29, 1.82) is 0 Å². The lowest BCUT2D eigenvalue weighted by molar-refractivity contribution is 0.0342. The third-order valence-corrected chi connectivity index (χ3v) is 3.65. The van der Waals surface area contributed by atoms with E-state index in [9.17, 15) is 0 Å². The van der Waals surface area contributed by atoms with Crippen molar-refractivity contribution >= 4 is 11.3 Å². The number of rotatable bonds is 3. The van der Waals surface area contributed by atoms with Gasteiger partial charge in [-0.15, -0.1) is 0 Å². The summed E-state index contributed by atoms with van der Waals surface area (Å²) in [6.07, 6.45) is 2.29. The number of hydrogen-bond donors (Lipinski definition) is 1. The number of thiophene rings is 1. The van der Waals surface area contributed by atoms with Crippen LogP contribution in [0, 0.1) is 5.92 Å². The van der Waals surface area contributed by atoms with E-state index in [2.05, 4.69) is 29.2 Å². The molecule has 0 radical (unpaired) electrons. The summed E-state index contributed by atoms with van der Waals surface area (Å²) in [5.74, 6) is 0.642. The lowest BCUT2D eigenvalue weighted by Crippen LogP contribution is -2.41. The molecular formula is C11H17NOS. The molecule has 0 spiro atoms. The molecule has 2 unspecified atom stereocenters. The van der Waals surface area contributed by atoms with E-state index in [0.717, 1.165) is 26.1 Å². The molecule has 3 heteroatoms. The second kappa shape index (κ2) is 4.91. The van der Waals surface area contributed by atoms with E-state index in [1.165, 1.54) is 5.56 Å². The quantitative estimate of drug-likeness (QED) is 0.824. The van der Waals surface area contributed by atoms with Crippen molar-refractivity contribution in [2.45, 2.75) is 18.9 Å². The van der Waals surface area contributed by atoms with Gasteiger partial charge < -0.3 is 10.1 Å². The Balaban J connectivity index is 1.94. The van der Waals surface area contributed by atoms with Crippen LogP contribution in [0.15, 0.2) is 16.8 Å². The van der Waals surface area contributed by atoms with Crippen LogP contribution < -0.4 is 5.32 Å². The maximum atomic E-state index is 5.53. The summed E-state index contributed by atoms with van der Waals surface area (Å²) >= 11 is 1.78. The second-order valence-corrected chi connectivity index (χ2v) is 4.63. The molecular weight excluding hydrogens is 194 g/mol. The summed E-state index contributed by atoms with van der Waals surface area (Å²) < 4.78 is 5.53. The fourth-order valence-electron chi connectivity index (χ4n) is 2.09. The molecule has 1 N–H and O–H groups in total. The molecule has 14 heavy (non-hydrogen) atoms. The Morgan fingerprint density at radius 2 is 2.57 bits per heavy atom. The van der Waals surface area contributed by atoms with E-state index < -0.39 is 0 Å². The Bertz CT molecular complexity index is 260. The molecule has 1 saturated heterocycles. The van der Waals surface area contributed by atoms with Gasteiger partial charge in [-0.05, 0) is 42.3 Å². The van der Waals surface area contributed by atoms with Crippen molar-refractivity contribution in [1.82, 2.24) is 5.32 Å². The number of ether oxygens (including phenoxy) is 1. The summed E-state index contributed by atoms with van der Waals surface area (Å²) in [4.78, 5) is 0. The van der Waals surface area contributed by atoms with Gasteiger partial charge in [0.1, 0.15) is 0 Å². The number of hydrogen-bond acceptors (Lipinski definition) is 3. The lowest BCUT2D eigenvalue weighted by atomic mass is 9.90. The zero-order valence-electron chi connectivity index (χ0n) is 8.53. The second-order valence-electron chi connectivity index (χ2n) is 3.85. The highest BCUT2D eigenvalue weighted by atomic mass is 32.1. The van der Waals surface area contributed by atoms with Crippen LogP contribution in [-0.2, 0) is 11.2 Å². The molecule has 1 fully saturated rings. The van der Waals surface area contributed by atoms with Crippen LogP contribution >= 0.6 is 11.3 Å². The Labute approximate surface area is 89.3 Å².